The number of benzene rings is 1. The Labute approximate surface area is 120 Å². The van der Waals surface area contributed by atoms with E-state index >= 15 is 0 Å². The highest BCUT2D eigenvalue weighted by atomic mass is 16.6. The van der Waals surface area contributed by atoms with E-state index < -0.39 is 16.7 Å². The molecule has 110 valence electrons. The molecule has 1 aliphatic heterocycles. The smallest absolute Gasteiger partial charge is 0.282 e. The molecule has 2 amide bonds. The molecule has 0 spiro atoms. The van der Waals surface area contributed by atoms with E-state index in [0.717, 1.165) is 12.8 Å². The van der Waals surface area contributed by atoms with Crippen LogP contribution in [0, 0.1) is 10.1 Å². The third-order valence-electron chi connectivity index (χ3n) is 4.23. The Kier molecular flexibility index (Phi) is 3.21. The third-order valence-corrected chi connectivity index (χ3v) is 4.23. The largest absolute Gasteiger partial charge is 0.328 e. The van der Waals surface area contributed by atoms with E-state index in [-0.39, 0.29) is 28.9 Å². The number of nitro groups is 1. The number of nitrogens with zero attached hydrogens (tertiary/aromatic N) is 2. The number of rotatable bonds is 2. The van der Waals surface area contributed by atoms with Crippen molar-refractivity contribution < 1.29 is 14.5 Å². The van der Waals surface area contributed by atoms with Gasteiger partial charge in [-0.25, -0.2) is 0 Å². The van der Waals surface area contributed by atoms with E-state index in [1.807, 2.05) is 0 Å². The summed E-state index contributed by atoms with van der Waals surface area (Å²) in [5, 5.41) is 11.0. The van der Waals surface area contributed by atoms with Crippen LogP contribution in [0.1, 0.15) is 46.4 Å². The van der Waals surface area contributed by atoms with E-state index in [0.29, 0.717) is 12.8 Å². The van der Waals surface area contributed by atoms with Gasteiger partial charge in [-0.05, 0) is 31.7 Å². The predicted molar refractivity (Wildman–Crippen MR) is 73.8 cm³/mol. The van der Waals surface area contributed by atoms with Gasteiger partial charge in [0.15, 0.2) is 0 Å². The van der Waals surface area contributed by atoms with Gasteiger partial charge in [0, 0.05) is 18.2 Å². The molecule has 1 aromatic carbocycles. The second kappa shape index (κ2) is 4.92. The van der Waals surface area contributed by atoms with Gasteiger partial charge in [-0.2, -0.15) is 0 Å². The molecule has 21 heavy (non-hydrogen) atoms. The standard InChI is InChI=1S/C14H15N3O4/c15-8-4-6-9(7-5-8)16-13(18)10-2-1-3-11(17(20)21)12(10)14(16)19/h1-3,8-9H,4-7,15H2. The van der Waals surface area contributed by atoms with Crippen molar-refractivity contribution >= 4 is 17.5 Å². The van der Waals surface area contributed by atoms with Gasteiger partial charge in [0.05, 0.1) is 10.5 Å². The Balaban J connectivity index is 1.97. The molecule has 0 saturated heterocycles. The van der Waals surface area contributed by atoms with Crippen molar-refractivity contribution in [1.82, 2.24) is 4.90 Å². The van der Waals surface area contributed by atoms with Crippen LogP contribution in [-0.4, -0.2) is 33.7 Å². The number of hydrogen-bond acceptors (Lipinski definition) is 5. The summed E-state index contributed by atoms with van der Waals surface area (Å²) in [4.78, 5) is 36.5. The van der Waals surface area contributed by atoms with Crippen molar-refractivity contribution in [2.75, 3.05) is 0 Å². The summed E-state index contributed by atoms with van der Waals surface area (Å²) in [5.41, 5.74) is 5.58. The maximum Gasteiger partial charge on any atom is 0.282 e. The maximum absolute atomic E-state index is 12.5. The average molecular weight is 289 g/mol. The lowest BCUT2D eigenvalue weighted by atomic mass is 9.91. The number of carbonyl (C=O) groups excluding carboxylic acids is 2. The zero-order valence-corrected chi connectivity index (χ0v) is 11.3. The van der Waals surface area contributed by atoms with E-state index in [1.165, 1.54) is 23.1 Å². The predicted octanol–water partition coefficient (Wildman–Crippen LogP) is 1.46. The van der Waals surface area contributed by atoms with Gasteiger partial charge in [-0.3, -0.25) is 24.6 Å². The Hall–Kier alpha value is -2.28. The average Bonchev–Trinajstić information content (AvgIpc) is 2.72. The normalized spacial score (nSPS) is 25.1. The maximum atomic E-state index is 12.5. The van der Waals surface area contributed by atoms with E-state index in [9.17, 15) is 19.7 Å². The van der Waals surface area contributed by atoms with Crippen molar-refractivity contribution in [3.05, 3.63) is 39.4 Å². The van der Waals surface area contributed by atoms with Crippen molar-refractivity contribution in [3.8, 4) is 0 Å². The summed E-state index contributed by atoms with van der Waals surface area (Å²) in [7, 11) is 0. The SMILES string of the molecule is NC1CCC(N2C(=O)c3cccc([N+](=O)[O-])c3C2=O)CC1. The van der Waals surface area contributed by atoms with Gasteiger partial charge >= 0.3 is 0 Å². The molecule has 2 N–H and O–H groups in total. The lowest BCUT2D eigenvalue weighted by Gasteiger charge is -2.31. The molecular formula is C14H15N3O4. The monoisotopic (exact) mass is 289 g/mol. The molecule has 3 rings (SSSR count). The van der Waals surface area contributed by atoms with Crippen LogP contribution in [0.25, 0.3) is 0 Å². The number of carbonyl (C=O) groups is 2. The van der Waals surface area contributed by atoms with Crippen LogP contribution in [0.3, 0.4) is 0 Å². The number of hydrogen-bond donors (Lipinski definition) is 1. The number of nitrogens with two attached hydrogens (primary N) is 1. The molecule has 2 aliphatic rings. The number of fused-ring (bicyclic) bond motifs is 1. The topological polar surface area (TPSA) is 107 Å². The van der Waals surface area contributed by atoms with Gasteiger partial charge < -0.3 is 5.73 Å². The van der Waals surface area contributed by atoms with Gasteiger partial charge in [0.2, 0.25) is 0 Å². The van der Waals surface area contributed by atoms with Crippen molar-refractivity contribution in [1.29, 1.82) is 0 Å². The number of nitro benzene ring substituents is 1. The summed E-state index contributed by atoms with van der Waals surface area (Å²) < 4.78 is 0. The highest BCUT2D eigenvalue weighted by Crippen LogP contribution is 2.34. The number of imide groups is 1. The minimum absolute atomic E-state index is 0.0811. The summed E-state index contributed by atoms with van der Waals surface area (Å²) in [6.45, 7) is 0. The second-order valence-electron chi connectivity index (χ2n) is 5.51. The first-order valence-corrected chi connectivity index (χ1v) is 6.91. The van der Waals surface area contributed by atoms with Crippen LogP contribution in [-0.2, 0) is 0 Å². The highest BCUT2D eigenvalue weighted by Gasteiger charge is 2.44. The molecule has 0 aromatic heterocycles. The van der Waals surface area contributed by atoms with Gasteiger partial charge in [0.1, 0.15) is 5.56 Å². The number of amides is 2. The molecule has 1 aliphatic carbocycles. The molecule has 1 aromatic rings. The quantitative estimate of drug-likeness (QED) is 0.504. The Morgan fingerprint density at radius 3 is 2.43 bits per heavy atom. The van der Waals surface area contributed by atoms with Crippen LogP contribution >= 0.6 is 0 Å². The molecule has 1 fully saturated rings. The first-order chi connectivity index (χ1) is 10.0. The molecule has 7 nitrogen and oxygen atoms in total. The summed E-state index contributed by atoms with van der Waals surface area (Å²) in [6, 6.07) is 4.05. The molecule has 0 atom stereocenters. The Bertz CT molecular complexity index is 635. The van der Waals surface area contributed by atoms with Crippen LogP contribution < -0.4 is 5.73 Å². The van der Waals surface area contributed by atoms with E-state index in [4.69, 9.17) is 5.73 Å². The zero-order chi connectivity index (χ0) is 15.1. The lowest BCUT2D eigenvalue weighted by molar-refractivity contribution is -0.385. The molecule has 0 bridgehead atoms. The zero-order valence-electron chi connectivity index (χ0n) is 11.3. The lowest BCUT2D eigenvalue weighted by Crippen LogP contribution is -2.44. The Morgan fingerprint density at radius 1 is 1.14 bits per heavy atom. The molecule has 7 heteroatoms. The summed E-state index contributed by atoms with van der Waals surface area (Å²) >= 11 is 0. The summed E-state index contributed by atoms with van der Waals surface area (Å²) in [6.07, 6.45) is 2.81. The highest BCUT2D eigenvalue weighted by molar-refractivity contribution is 6.23. The third kappa shape index (κ3) is 2.09. The first-order valence-electron chi connectivity index (χ1n) is 6.91. The first kappa shape index (κ1) is 13.7. The minimum atomic E-state index is -0.621. The fourth-order valence-corrected chi connectivity index (χ4v) is 3.13. The fraction of sp³-hybridized carbons (Fsp3) is 0.429. The molecule has 1 saturated carbocycles. The fourth-order valence-electron chi connectivity index (χ4n) is 3.13. The van der Waals surface area contributed by atoms with E-state index in [2.05, 4.69) is 0 Å². The van der Waals surface area contributed by atoms with Gasteiger partial charge in [0.25, 0.3) is 17.5 Å². The molecule has 0 unspecified atom stereocenters. The van der Waals surface area contributed by atoms with Crippen LogP contribution in [0.5, 0.6) is 0 Å². The van der Waals surface area contributed by atoms with E-state index in [1.54, 1.807) is 0 Å². The molecular weight excluding hydrogens is 274 g/mol. The molecule has 0 radical (unpaired) electrons. The Morgan fingerprint density at radius 2 is 1.81 bits per heavy atom. The molecule has 1 heterocycles. The van der Waals surface area contributed by atoms with Crippen LogP contribution in [0.2, 0.25) is 0 Å². The van der Waals surface area contributed by atoms with Crippen molar-refractivity contribution in [2.24, 2.45) is 5.73 Å². The van der Waals surface area contributed by atoms with Crippen molar-refractivity contribution in [2.45, 2.75) is 37.8 Å². The van der Waals surface area contributed by atoms with Gasteiger partial charge in [-0.15, -0.1) is 0 Å². The van der Waals surface area contributed by atoms with Crippen LogP contribution in [0.15, 0.2) is 18.2 Å². The van der Waals surface area contributed by atoms with Crippen LogP contribution in [0.4, 0.5) is 5.69 Å². The second-order valence-corrected chi connectivity index (χ2v) is 5.51. The summed E-state index contributed by atoms with van der Waals surface area (Å²) in [5.74, 6) is -0.984. The van der Waals surface area contributed by atoms with Gasteiger partial charge in [-0.1, -0.05) is 6.07 Å². The minimum Gasteiger partial charge on any atom is -0.328 e. The van der Waals surface area contributed by atoms with Crippen molar-refractivity contribution in [3.63, 3.8) is 0 Å².